The van der Waals surface area contributed by atoms with Gasteiger partial charge in [-0.1, -0.05) is 30.3 Å². The van der Waals surface area contributed by atoms with Crippen molar-refractivity contribution in [3.63, 3.8) is 0 Å². The molecule has 0 radical (unpaired) electrons. The van der Waals surface area contributed by atoms with Crippen LogP contribution in [0.1, 0.15) is 5.56 Å². The minimum absolute atomic E-state index is 0.728. The number of nitrogens with zero attached hydrogens (tertiary/aromatic N) is 2. The van der Waals surface area contributed by atoms with Gasteiger partial charge < -0.3 is 9.88 Å². The molecule has 1 heterocycles. The van der Waals surface area contributed by atoms with E-state index in [2.05, 4.69) is 40.0 Å². The first-order valence-electron chi connectivity index (χ1n) is 6.04. The fourth-order valence-electron chi connectivity index (χ4n) is 2.08. The Morgan fingerprint density at radius 1 is 1.06 bits per heavy atom. The zero-order chi connectivity index (χ0) is 12.4. The van der Waals surface area contributed by atoms with Crippen molar-refractivity contribution in [1.29, 1.82) is 0 Å². The summed E-state index contributed by atoms with van der Waals surface area (Å²) >= 11 is 0. The summed E-state index contributed by atoms with van der Waals surface area (Å²) in [5, 5.41) is 3.43. The molecule has 90 valence electrons. The number of aryl methyl sites for hydroxylation is 1. The van der Waals surface area contributed by atoms with Gasteiger partial charge in [-0.05, 0) is 30.7 Å². The second-order valence-electron chi connectivity index (χ2n) is 4.35. The van der Waals surface area contributed by atoms with E-state index in [1.807, 2.05) is 36.7 Å². The molecule has 0 saturated heterocycles. The molecule has 0 aliphatic heterocycles. The van der Waals surface area contributed by atoms with Gasteiger partial charge in [0.25, 0.3) is 0 Å². The van der Waals surface area contributed by atoms with Gasteiger partial charge >= 0.3 is 0 Å². The van der Waals surface area contributed by atoms with Crippen LogP contribution in [0.4, 0.5) is 5.69 Å². The van der Waals surface area contributed by atoms with Crippen molar-refractivity contribution in [1.82, 2.24) is 9.55 Å². The van der Waals surface area contributed by atoms with Gasteiger partial charge in [-0.15, -0.1) is 0 Å². The highest BCUT2D eigenvalue weighted by atomic mass is 15.1. The Hall–Kier alpha value is -2.29. The third-order valence-electron chi connectivity index (χ3n) is 3.11. The van der Waals surface area contributed by atoms with Crippen LogP contribution < -0.4 is 5.32 Å². The normalized spacial score (nSPS) is 10.7. The predicted molar refractivity (Wildman–Crippen MR) is 74.5 cm³/mol. The van der Waals surface area contributed by atoms with E-state index >= 15 is 0 Å². The molecule has 3 aromatic rings. The minimum atomic E-state index is 0.728. The molecule has 1 aromatic heterocycles. The van der Waals surface area contributed by atoms with Crippen LogP contribution in [-0.4, -0.2) is 9.55 Å². The monoisotopic (exact) mass is 237 g/mol. The second kappa shape index (κ2) is 4.53. The summed E-state index contributed by atoms with van der Waals surface area (Å²) < 4.78 is 2.11. The second-order valence-corrected chi connectivity index (χ2v) is 4.35. The van der Waals surface area contributed by atoms with E-state index in [1.54, 1.807) is 0 Å². The van der Waals surface area contributed by atoms with Gasteiger partial charge in [-0.2, -0.15) is 0 Å². The predicted octanol–water partition coefficient (Wildman–Crippen LogP) is 3.41. The van der Waals surface area contributed by atoms with E-state index < -0.39 is 0 Å². The number of rotatable bonds is 3. The summed E-state index contributed by atoms with van der Waals surface area (Å²) in [5.41, 5.74) is 4.60. The summed E-state index contributed by atoms with van der Waals surface area (Å²) in [5.74, 6) is 0. The third-order valence-corrected chi connectivity index (χ3v) is 3.11. The van der Waals surface area contributed by atoms with Gasteiger partial charge in [-0.3, -0.25) is 0 Å². The molecule has 3 nitrogen and oxygen atoms in total. The van der Waals surface area contributed by atoms with Crippen molar-refractivity contribution in [3.8, 4) is 0 Å². The molecule has 0 aliphatic carbocycles. The summed E-state index contributed by atoms with van der Waals surface area (Å²) in [4.78, 5) is 4.38. The molecule has 0 unspecified atom stereocenters. The van der Waals surface area contributed by atoms with E-state index in [4.69, 9.17) is 0 Å². The molecule has 0 fully saturated rings. The lowest BCUT2D eigenvalue weighted by atomic mass is 10.2. The molecule has 0 aliphatic rings. The van der Waals surface area contributed by atoms with Crippen LogP contribution in [0.25, 0.3) is 11.0 Å². The fourth-order valence-corrected chi connectivity index (χ4v) is 2.08. The Balaban J connectivity index is 1.83. The Kier molecular flexibility index (Phi) is 2.73. The number of hydrogen-bond acceptors (Lipinski definition) is 2. The van der Waals surface area contributed by atoms with Crippen LogP contribution in [0.15, 0.2) is 54.9 Å². The number of anilines is 1. The summed E-state index contributed by atoms with van der Waals surface area (Å²) in [6.07, 6.45) is 1.87. The van der Waals surface area contributed by atoms with Crippen molar-refractivity contribution in [2.45, 2.75) is 13.6 Å². The van der Waals surface area contributed by atoms with Gasteiger partial charge in [-0.25, -0.2) is 4.98 Å². The van der Waals surface area contributed by atoms with Gasteiger partial charge in [0.2, 0.25) is 0 Å². The van der Waals surface area contributed by atoms with Crippen LogP contribution in [-0.2, 0) is 6.67 Å². The van der Waals surface area contributed by atoms with Gasteiger partial charge in [0, 0.05) is 5.69 Å². The number of benzene rings is 2. The first kappa shape index (κ1) is 10.8. The number of para-hydroxylation sites is 3. The van der Waals surface area contributed by atoms with Gasteiger partial charge in [0.05, 0.1) is 24.0 Å². The smallest absolute Gasteiger partial charge is 0.0973 e. The molecule has 1 N–H and O–H groups in total. The van der Waals surface area contributed by atoms with Gasteiger partial charge in [0.1, 0.15) is 0 Å². The van der Waals surface area contributed by atoms with Crippen LogP contribution in [0.2, 0.25) is 0 Å². The standard InChI is InChI=1S/C15H15N3/c1-12-6-2-3-7-13(12)16-10-18-11-17-14-8-4-5-9-15(14)18/h2-9,11,16H,10H2,1H3. The largest absolute Gasteiger partial charge is 0.367 e. The van der Waals surface area contributed by atoms with E-state index in [0.29, 0.717) is 0 Å². The molecule has 18 heavy (non-hydrogen) atoms. The zero-order valence-electron chi connectivity index (χ0n) is 10.3. The summed E-state index contributed by atoms with van der Waals surface area (Å²) in [7, 11) is 0. The lowest BCUT2D eigenvalue weighted by Gasteiger charge is -2.10. The number of imidazole rings is 1. The first-order chi connectivity index (χ1) is 8.84. The van der Waals surface area contributed by atoms with E-state index in [1.165, 1.54) is 5.56 Å². The highest BCUT2D eigenvalue weighted by molar-refractivity contribution is 5.75. The zero-order valence-corrected chi connectivity index (χ0v) is 10.3. The molecule has 3 heteroatoms. The average molecular weight is 237 g/mol. The van der Waals surface area contributed by atoms with Crippen LogP contribution >= 0.6 is 0 Å². The Morgan fingerprint density at radius 3 is 2.72 bits per heavy atom. The van der Waals surface area contributed by atoms with Crippen molar-refractivity contribution in [3.05, 3.63) is 60.4 Å². The summed E-state index contributed by atoms with van der Waals surface area (Å²) in [6, 6.07) is 16.4. The number of hydrogen-bond donors (Lipinski definition) is 1. The summed E-state index contributed by atoms with van der Waals surface area (Å²) in [6.45, 7) is 2.83. The fraction of sp³-hybridized carbons (Fsp3) is 0.133. The van der Waals surface area contributed by atoms with Crippen molar-refractivity contribution in [2.24, 2.45) is 0 Å². The molecule has 2 aromatic carbocycles. The van der Waals surface area contributed by atoms with Crippen molar-refractivity contribution < 1.29 is 0 Å². The highest BCUT2D eigenvalue weighted by Crippen LogP contribution is 2.15. The molecule has 0 spiro atoms. The Morgan fingerprint density at radius 2 is 1.83 bits per heavy atom. The van der Waals surface area contributed by atoms with Crippen LogP contribution in [0, 0.1) is 6.92 Å². The Bertz CT molecular complexity index is 670. The lowest BCUT2D eigenvalue weighted by molar-refractivity contribution is 0.799. The molecule has 0 amide bonds. The van der Waals surface area contributed by atoms with Crippen LogP contribution in [0.5, 0.6) is 0 Å². The maximum absolute atomic E-state index is 4.38. The van der Waals surface area contributed by atoms with Gasteiger partial charge in [0.15, 0.2) is 0 Å². The Labute approximate surface area is 106 Å². The maximum Gasteiger partial charge on any atom is 0.0973 e. The molecule has 3 rings (SSSR count). The lowest BCUT2D eigenvalue weighted by Crippen LogP contribution is -2.07. The van der Waals surface area contributed by atoms with Crippen LogP contribution in [0.3, 0.4) is 0 Å². The van der Waals surface area contributed by atoms with E-state index in [0.717, 1.165) is 23.4 Å². The highest BCUT2D eigenvalue weighted by Gasteiger charge is 2.01. The number of nitrogens with one attached hydrogen (secondary N) is 1. The topological polar surface area (TPSA) is 29.9 Å². The van der Waals surface area contributed by atoms with E-state index in [9.17, 15) is 0 Å². The molecule has 0 atom stereocenters. The average Bonchev–Trinajstić information content (AvgIpc) is 2.81. The molecule has 0 saturated carbocycles. The van der Waals surface area contributed by atoms with Crippen molar-refractivity contribution in [2.75, 3.05) is 5.32 Å². The molecular formula is C15H15N3. The SMILES string of the molecule is Cc1ccccc1NCn1cnc2ccccc21. The third kappa shape index (κ3) is 1.95. The maximum atomic E-state index is 4.38. The number of fused-ring (bicyclic) bond motifs is 1. The molecular weight excluding hydrogens is 222 g/mol. The minimum Gasteiger partial charge on any atom is -0.367 e. The first-order valence-corrected chi connectivity index (χ1v) is 6.04. The quantitative estimate of drug-likeness (QED) is 0.756. The van der Waals surface area contributed by atoms with Crippen molar-refractivity contribution >= 4 is 16.7 Å². The number of aromatic nitrogens is 2. The van der Waals surface area contributed by atoms with E-state index in [-0.39, 0.29) is 0 Å². The molecule has 0 bridgehead atoms.